The van der Waals surface area contributed by atoms with Crippen molar-refractivity contribution < 1.29 is 9.07 Å². The van der Waals surface area contributed by atoms with Gasteiger partial charge in [-0.3, -0.25) is 4.90 Å². The van der Waals surface area contributed by atoms with Crippen LogP contribution in [0.3, 0.4) is 0 Å². The van der Waals surface area contributed by atoms with Crippen LogP contribution in [0, 0.1) is 37.4 Å². The quantitative estimate of drug-likeness (QED) is 0.202. The molecule has 3 aromatic rings. The van der Waals surface area contributed by atoms with Gasteiger partial charge in [-0.2, -0.15) is 4.68 Å². The third-order valence-electron chi connectivity index (χ3n) is 14.1. The Balaban J connectivity index is 1.39. The Morgan fingerprint density at radius 3 is 2.14 bits per heavy atom. The first-order valence-electron chi connectivity index (χ1n) is 19.9. The number of hydrogen-bond donors (Lipinski definition) is 0. The summed E-state index contributed by atoms with van der Waals surface area (Å²) in [7, 11) is 4.21. The summed E-state index contributed by atoms with van der Waals surface area (Å²) in [6.07, 6.45) is 17.9. The van der Waals surface area contributed by atoms with E-state index < -0.39 is 0 Å². The van der Waals surface area contributed by atoms with E-state index in [1.165, 1.54) is 101 Å². The van der Waals surface area contributed by atoms with Crippen LogP contribution in [0.5, 0.6) is 0 Å². The number of unbranched alkanes of at least 4 members (excludes halogenated alkanes) is 1. The van der Waals surface area contributed by atoms with Gasteiger partial charge in [-0.25, -0.2) is 19.0 Å². The Morgan fingerprint density at radius 1 is 0.898 bits per heavy atom. The summed E-state index contributed by atoms with van der Waals surface area (Å²) < 4.78 is 20.7. The van der Waals surface area contributed by atoms with Crippen LogP contribution >= 0.6 is 0 Å². The van der Waals surface area contributed by atoms with E-state index in [-0.39, 0.29) is 16.6 Å². The molecule has 6 saturated carbocycles. The van der Waals surface area contributed by atoms with Gasteiger partial charge in [0.25, 0.3) is 5.82 Å². The van der Waals surface area contributed by atoms with Gasteiger partial charge in [0.1, 0.15) is 18.7 Å². The predicted molar refractivity (Wildman–Crippen MR) is 199 cm³/mol. The lowest BCUT2D eigenvalue weighted by Gasteiger charge is -2.52. The molecule has 266 valence electrons. The lowest BCUT2D eigenvalue weighted by molar-refractivity contribution is -0.739. The van der Waals surface area contributed by atoms with Crippen LogP contribution in [-0.4, -0.2) is 26.7 Å². The second-order valence-electron chi connectivity index (χ2n) is 17.5. The van der Waals surface area contributed by atoms with E-state index in [9.17, 15) is 0 Å². The minimum atomic E-state index is -0.157. The highest BCUT2D eigenvalue weighted by Crippen LogP contribution is 2.57. The van der Waals surface area contributed by atoms with Gasteiger partial charge < -0.3 is 0 Å². The normalized spacial score (nSPS) is 27.9. The van der Waals surface area contributed by atoms with Gasteiger partial charge >= 0.3 is 0 Å². The molecule has 2 aromatic heterocycles. The lowest BCUT2D eigenvalue weighted by Crippen LogP contribution is -2.48. The van der Waals surface area contributed by atoms with Gasteiger partial charge in [-0.05, 0) is 153 Å². The highest BCUT2D eigenvalue weighted by Gasteiger charge is 2.50. The fourth-order valence-corrected chi connectivity index (χ4v) is 11.1. The molecule has 0 amide bonds. The van der Waals surface area contributed by atoms with Crippen molar-refractivity contribution in [2.24, 2.45) is 31.8 Å². The molecule has 1 aromatic carbocycles. The predicted octanol–water partition coefficient (Wildman–Crippen LogP) is 10.2. The van der Waals surface area contributed by atoms with Gasteiger partial charge in [0.2, 0.25) is 0 Å². The molecule has 49 heavy (non-hydrogen) atoms. The second-order valence-corrected chi connectivity index (χ2v) is 17.5. The molecule has 0 aliphatic heterocycles. The Kier molecular flexibility index (Phi) is 9.27. The molecule has 6 heteroatoms. The zero-order chi connectivity index (χ0) is 34.8. The molecule has 1 unspecified atom stereocenters. The highest BCUT2D eigenvalue weighted by molar-refractivity contribution is 5.75. The van der Waals surface area contributed by atoms with Crippen LogP contribution in [-0.2, 0) is 24.9 Å². The highest BCUT2D eigenvalue weighted by atomic mass is 19.1. The number of rotatable bonds is 10. The maximum atomic E-state index is 16.3. The molecule has 6 aliphatic rings. The standard InChI is InChI=1S/C43H63FN5/c1-10-11-12-33-26-43(21-16-32(33)17-22-43)40-30(7)39(45-41(46-40)42-18-13-31(14-19-42)15-20-42)34-23-35(29(6)36(44)24-34)37-25-38(48(9)47(37)8)49(27(2)3)28(4)5/h23-25,27-28,31-33H,10-22,26H2,1-9H3/q+1. The van der Waals surface area contributed by atoms with Gasteiger partial charge in [0.05, 0.1) is 35.2 Å². The third-order valence-corrected chi connectivity index (χ3v) is 14.1. The summed E-state index contributed by atoms with van der Waals surface area (Å²) >= 11 is 0. The molecule has 0 saturated heterocycles. The number of halogens is 1. The molecule has 0 spiro atoms. The minimum absolute atomic E-state index is 0.0695. The SMILES string of the molecule is CCCCC1CC2(c3nc(C45CCC(CC4)CC5)nc(-c4cc(F)c(C)c(-c5cc(N(C(C)C)C(C)C)[n+](C)n5C)c4)c3C)CCC1CC2. The summed E-state index contributed by atoms with van der Waals surface area (Å²) in [5.41, 5.74) is 7.24. The topological polar surface area (TPSA) is 37.8 Å². The number of fused-ring (bicyclic) bond motifs is 6. The zero-order valence-electron chi connectivity index (χ0n) is 32.1. The van der Waals surface area contributed by atoms with Gasteiger partial charge in [0.15, 0.2) is 0 Å². The fraction of sp³-hybridized carbons (Fsp3) is 0.698. The molecule has 4 bridgehead atoms. The summed E-state index contributed by atoms with van der Waals surface area (Å²) in [5.74, 6) is 4.63. The van der Waals surface area contributed by atoms with Crippen molar-refractivity contribution in [2.75, 3.05) is 4.90 Å². The molecule has 6 fully saturated rings. The molecule has 2 heterocycles. The third kappa shape index (κ3) is 5.85. The van der Waals surface area contributed by atoms with Crippen molar-refractivity contribution >= 4 is 5.82 Å². The fourth-order valence-electron chi connectivity index (χ4n) is 11.1. The summed E-state index contributed by atoms with van der Waals surface area (Å²) in [4.78, 5) is 13.7. The first-order chi connectivity index (χ1) is 23.4. The van der Waals surface area contributed by atoms with Crippen molar-refractivity contribution in [3.63, 3.8) is 0 Å². The number of hydrogen-bond acceptors (Lipinski definition) is 3. The first kappa shape index (κ1) is 34.7. The maximum Gasteiger partial charge on any atom is 0.297 e. The van der Waals surface area contributed by atoms with Crippen LogP contribution in [0.15, 0.2) is 18.2 Å². The smallest absolute Gasteiger partial charge is 0.256 e. The summed E-state index contributed by atoms with van der Waals surface area (Å²) in [5, 5.41) is 0. The van der Waals surface area contributed by atoms with Gasteiger partial charge in [0, 0.05) is 29.0 Å². The van der Waals surface area contributed by atoms with E-state index in [1.807, 2.05) is 6.92 Å². The van der Waals surface area contributed by atoms with Crippen LogP contribution in [0.2, 0.25) is 0 Å². The zero-order valence-corrected chi connectivity index (χ0v) is 32.1. The Hall–Kier alpha value is -2.76. The van der Waals surface area contributed by atoms with Crippen LogP contribution in [0.1, 0.15) is 147 Å². The molecule has 1 atom stereocenters. The van der Waals surface area contributed by atoms with Crippen molar-refractivity contribution in [1.29, 1.82) is 0 Å². The number of nitrogens with zero attached hydrogens (tertiary/aromatic N) is 5. The minimum Gasteiger partial charge on any atom is -0.256 e. The van der Waals surface area contributed by atoms with E-state index in [2.05, 4.69) is 82.0 Å². The number of benzene rings is 1. The lowest BCUT2D eigenvalue weighted by atomic mass is 9.53. The van der Waals surface area contributed by atoms with E-state index >= 15 is 4.39 Å². The summed E-state index contributed by atoms with van der Waals surface area (Å²) in [6.45, 7) is 15.5. The Morgan fingerprint density at radius 2 is 1.53 bits per heavy atom. The summed E-state index contributed by atoms with van der Waals surface area (Å²) in [6, 6.07) is 6.96. The van der Waals surface area contributed by atoms with Crippen LogP contribution < -0.4 is 9.58 Å². The molecular formula is C43H63FN5+. The maximum absolute atomic E-state index is 16.3. The van der Waals surface area contributed by atoms with E-state index in [4.69, 9.17) is 9.97 Å². The van der Waals surface area contributed by atoms with Crippen molar-refractivity contribution in [3.05, 3.63) is 46.7 Å². The molecule has 5 nitrogen and oxygen atoms in total. The second kappa shape index (κ2) is 13.1. The molecule has 0 N–H and O–H groups in total. The average Bonchev–Trinajstić information content (AvgIpc) is 3.38. The molecular weight excluding hydrogens is 606 g/mol. The Labute approximate surface area is 296 Å². The molecule has 9 rings (SSSR count). The van der Waals surface area contributed by atoms with E-state index in [0.29, 0.717) is 17.6 Å². The number of aromatic nitrogens is 4. The van der Waals surface area contributed by atoms with Crippen molar-refractivity contribution in [2.45, 2.75) is 161 Å². The first-order valence-corrected chi connectivity index (χ1v) is 19.9. The van der Waals surface area contributed by atoms with E-state index in [0.717, 1.165) is 51.9 Å². The molecule has 6 aliphatic carbocycles. The molecule has 0 radical (unpaired) electrons. The monoisotopic (exact) mass is 669 g/mol. The van der Waals surface area contributed by atoms with Crippen molar-refractivity contribution in [3.8, 4) is 22.5 Å². The van der Waals surface area contributed by atoms with Crippen LogP contribution in [0.4, 0.5) is 10.2 Å². The number of anilines is 1. The van der Waals surface area contributed by atoms with Crippen molar-refractivity contribution in [1.82, 2.24) is 14.6 Å². The van der Waals surface area contributed by atoms with Crippen LogP contribution in [0.25, 0.3) is 22.5 Å². The largest absolute Gasteiger partial charge is 0.297 e. The average molecular weight is 669 g/mol. The van der Waals surface area contributed by atoms with Gasteiger partial charge in [-0.15, -0.1) is 0 Å². The van der Waals surface area contributed by atoms with Gasteiger partial charge in [-0.1, -0.05) is 26.2 Å². The Bertz CT molecular complexity index is 1660. The van der Waals surface area contributed by atoms with E-state index in [1.54, 1.807) is 6.07 Å².